The highest BCUT2D eigenvalue weighted by atomic mass is 32.2. The second kappa shape index (κ2) is 9.54. The van der Waals surface area contributed by atoms with Crippen LogP contribution in [0.5, 0.6) is 0 Å². The number of benzene rings is 1. The van der Waals surface area contributed by atoms with E-state index < -0.39 is 33.9 Å². The van der Waals surface area contributed by atoms with Gasteiger partial charge in [-0.25, -0.2) is 22.5 Å². The Morgan fingerprint density at radius 3 is 2.53 bits per heavy atom. The first kappa shape index (κ1) is 23.5. The molecule has 0 radical (unpaired) electrons. The molecule has 1 fully saturated rings. The molecule has 12 nitrogen and oxygen atoms in total. The first-order valence-electron chi connectivity index (χ1n) is 9.76. The van der Waals surface area contributed by atoms with Gasteiger partial charge < -0.3 is 10.1 Å². The maximum atomic E-state index is 12.5. The molecule has 1 saturated heterocycles. The highest BCUT2D eigenvalue weighted by Gasteiger charge is 2.50. The molecule has 0 bridgehead atoms. The number of fused-ring (bicyclic) bond motifs is 1. The number of aliphatic imine (C=N–C) groups is 1. The highest BCUT2D eigenvalue weighted by Crippen LogP contribution is 2.17. The van der Waals surface area contributed by atoms with E-state index >= 15 is 0 Å². The highest BCUT2D eigenvalue weighted by molar-refractivity contribution is 7.89. The van der Waals surface area contributed by atoms with E-state index in [1.807, 2.05) is 0 Å². The number of hydrogen-bond donors (Lipinski definition) is 2. The molecule has 13 heteroatoms. The molecule has 1 unspecified atom stereocenters. The van der Waals surface area contributed by atoms with Gasteiger partial charge in [0.1, 0.15) is 0 Å². The van der Waals surface area contributed by atoms with Gasteiger partial charge in [0.2, 0.25) is 10.0 Å². The van der Waals surface area contributed by atoms with Gasteiger partial charge in [-0.1, -0.05) is 0 Å². The lowest BCUT2D eigenvalue weighted by molar-refractivity contribution is -0.519. The molecular weight excluding hydrogens is 440 g/mol. The van der Waals surface area contributed by atoms with Gasteiger partial charge in [0.25, 0.3) is 30.0 Å². The molecular formula is C19H25N6O6S+. The van der Waals surface area contributed by atoms with Crippen LogP contribution in [0.2, 0.25) is 0 Å². The van der Waals surface area contributed by atoms with Crippen molar-refractivity contribution in [3.63, 3.8) is 0 Å². The van der Waals surface area contributed by atoms with Crippen molar-refractivity contribution in [1.82, 2.24) is 14.5 Å². The second-order valence-electron chi connectivity index (χ2n) is 7.23. The molecule has 0 saturated carbocycles. The third-order valence-electron chi connectivity index (χ3n) is 4.99. The van der Waals surface area contributed by atoms with E-state index in [0.29, 0.717) is 18.7 Å². The Labute approximate surface area is 185 Å². The summed E-state index contributed by atoms with van der Waals surface area (Å²) in [4.78, 5) is 43.4. The summed E-state index contributed by atoms with van der Waals surface area (Å²) in [6.07, 6.45) is 1.90. The van der Waals surface area contributed by atoms with Crippen molar-refractivity contribution in [2.45, 2.75) is 17.4 Å². The quantitative estimate of drug-likeness (QED) is 0.365. The lowest BCUT2D eigenvalue weighted by Gasteiger charge is -2.30. The Balaban J connectivity index is 1.59. The van der Waals surface area contributed by atoms with E-state index in [1.54, 1.807) is 7.11 Å². The summed E-state index contributed by atoms with van der Waals surface area (Å²) in [5.74, 6) is -0.638. The monoisotopic (exact) mass is 465 g/mol. The van der Waals surface area contributed by atoms with Crippen LogP contribution < -0.4 is 10.0 Å². The Morgan fingerprint density at radius 2 is 1.88 bits per heavy atom. The molecule has 1 aromatic rings. The van der Waals surface area contributed by atoms with Crippen molar-refractivity contribution < 1.29 is 32.1 Å². The number of rotatable bonds is 9. The minimum Gasteiger partial charge on any atom is -0.385 e. The zero-order valence-corrected chi connectivity index (χ0v) is 18.8. The number of ether oxygens (including phenoxy) is 1. The SMILES string of the molecule is COCCCNS(=O)(=O)c1ccc(NC(=O)C[N+]2=CN=C3C2C(=O)N(C)C(=O)N3C)cc1. The maximum absolute atomic E-state index is 12.5. The molecule has 3 rings (SSSR count). The van der Waals surface area contributed by atoms with Crippen LogP contribution in [0, 0.1) is 0 Å². The van der Waals surface area contributed by atoms with Gasteiger partial charge in [0, 0.05) is 40.0 Å². The van der Waals surface area contributed by atoms with Gasteiger partial charge in [0.05, 0.1) is 4.90 Å². The lowest BCUT2D eigenvalue weighted by atomic mass is 10.1. The van der Waals surface area contributed by atoms with Gasteiger partial charge in [-0.3, -0.25) is 19.4 Å². The van der Waals surface area contributed by atoms with Crippen molar-refractivity contribution in [3.05, 3.63) is 24.3 Å². The van der Waals surface area contributed by atoms with Crippen LogP contribution in [0.15, 0.2) is 34.2 Å². The first-order valence-corrected chi connectivity index (χ1v) is 11.2. The number of likely N-dealkylation sites (N-methyl/N-ethyl adjacent to an activating group) is 2. The predicted molar refractivity (Wildman–Crippen MR) is 115 cm³/mol. The fraction of sp³-hybridized carbons (Fsp3) is 0.421. The Kier molecular flexibility index (Phi) is 7.01. The second-order valence-corrected chi connectivity index (χ2v) is 9.00. The van der Waals surface area contributed by atoms with E-state index in [0.717, 1.165) is 4.90 Å². The van der Waals surface area contributed by atoms with Crippen LogP contribution in [0.1, 0.15) is 6.42 Å². The smallest absolute Gasteiger partial charge is 0.333 e. The van der Waals surface area contributed by atoms with Gasteiger partial charge in [-0.2, -0.15) is 0 Å². The molecule has 2 aliphatic heterocycles. The van der Waals surface area contributed by atoms with Crippen LogP contribution in [0.25, 0.3) is 0 Å². The van der Waals surface area contributed by atoms with E-state index in [9.17, 15) is 22.8 Å². The first-order chi connectivity index (χ1) is 15.2. The van der Waals surface area contributed by atoms with Gasteiger partial charge >= 0.3 is 6.03 Å². The topological polar surface area (TPSA) is 140 Å². The number of amides is 4. The van der Waals surface area contributed by atoms with E-state index in [2.05, 4.69) is 15.0 Å². The minimum atomic E-state index is -3.66. The normalized spacial score (nSPS) is 18.4. The lowest BCUT2D eigenvalue weighted by Crippen LogP contribution is -2.61. The number of anilines is 1. The molecule has 2 aliphatic rings. The molecule has 0 aliphatic carbocycles. The van der Waals surface area contributed by atoms with Crippen molar-refractivity contribution >= 4 is 45.7 Å². The minimum absolute atomic E-state index is 0.0716. The van der Waals surface area contributed by atoms with E-state index in [1.165, 1.54) is 54.2 Å². The summed E-state index contributed by atoms with van der Waals surface area (Å²) in [6, 6.07) is 4.37. The van der Waals surface area contributed by atoms with Crippen LogP contribution in [0.4, 0.5) is 10.5 Å². The van der Waals surface area contributed by atoms with Gasteiger partial charge in [0.15, 0.2) is 6.54 Å². The third kappa shape index (κ3) is 4.84. The van der Waals surface area contributed by atoms with Crippen LogP contribution in [-0.2, 0) is 24.3 Å². The van der Waals surface area contributed by atoms with Crippen molar-refractivity contribution in [3.8, 4) is 0 Å². The largest absolute Gasteiger partial charge is 0.385 e. The van der Waals surface area contributed by atoms with Crippen molar-refractivity contribution in [1.29, 1.82) is 0 Å². The summed E-state index contributed by atoms with van der Waals surface area (Å²) in [6.45, 7) is 0.519. The molecule has 1 aromatic carbocycles. The number of sulfonamides is 1. The zero-order valence-electron chi connectivity index (χ0n) is 17.9. The number of hydrogen-bond acceptors (Lipinski definition) is 7. The van der Waals surface area contributed by atoms with Crippen LogP contribution >= 0.6 is 0 Å². The molecule has 0 aromatic heterocycles. The molecule has 4 amide bonds. The fourth-order valence-electron chi connectivity index (χ4n) is 3.26. The average Bonchev–Trinajstić information content (AvgIpc) is 3.17. The number of nitrogens with zero attached hydrogens (tertiary/aromatic N) is 4. The number of carbonyl (C=O) groups excluding carboxylic acids is 3. The van der Waals surface area contributed by atoms with Crippen molar-refractivity contribution in [2.75, 3.05) is 46.2 Å². The number of methoxy groups -OCH3 is 1. The summed E-state index contributed by atoms with van der Waals surface area (Å²) in [5.41, 5.74) is 0.396. The summed E-state index contributed by atoms with van der Waals surface area (Å²) >= 11 is 0. The molecule has 0 spiro atoms. The molecule has 1 atom stereocenters. The van der Waals surface area contributed by atoms with E-state index in [4.69, 9.17) is 4.74 Å². The summed E-state index contributed by atoms with van der Waals surface area (Å²) in [7, 11) is 0.764. The number of amidine groups is 1. The fourth-order valence-corrected chi connectivity index (χ4v) is 4.34. The van der Waals surface area contributed by atoms with Crippen LogP contribution in [0.3, 0.4) is 0 Å². The van der Waals surface area contributed by atoms with E-state index in [-0.39, 0.29) is 23.8 Å². The number of urea groups is 1. The van der Waals surface area contributed by atoms with Crippen LogP contribution in [-0.4, -0.2) is 99.8 Å². The number of nitrogens with one attached hydrogen (secondary N) is 2. The Morgan fingerprint density at radius 1 is 1.19 bits per heavy atom. The van der Waals surface area contributed by atoms with Gasteiger partial charge in [-0.15, -0.1) is 0 Å². The molecule has 32 heavy (non-hydrogen) atoms. The van der Waals surface area contributed by atoms with Crippen molar-refractivity contribution in [2.24, 2.45) is 4.99 Å². The van der Waals surface area contributed by atoms with Gasteiger partial charge in [-0.05, 0) is 35.7 Å². The molecule has 2 heterocycles. The molecule has 2 N–H and O–H groups in total. The molecule has 172 valence electrons. The zero-order chi connectivity index (χ0) is 23.5. The predicted octanol–water partition coefficient (Wildman–Crippen LogP) is -0.715. The number of carbonyl (C=O) groups is 3. The summed E-state index contributed by atoms with van der Waals surface area (Å²) < 4.78 is 33.3. The maximum Gasteiger partial charge on any atom is 0.333 e. The Bertz CT molecular complexity index is 1080. The number of imide groups is 1. The standard InChI is InChI=1S/C19H24N6O6S/c1-23-17-16(18(27)24(2)19(23)28)25(12-20-17)11-15(26)22-13-5-7-14(8-6-13)32(29,30)21-9-4-10-31-3/h5-8,12,16,21H,4,9-11H2,1-3H3/p+1. The summed E-state index contributed by atoms with van der Waals surface area (Å²) in [5, 5.41) is 2.66. The third-order valence-corrected chi connectivity index (χ3v) is 6.47. The Hall–Kier alpha value is -3.16. The average molecular weight is 466 g/mol.